The van der Waals surface area contributed by atoms with Gasteiger partial charge in [-0.3, -0.25) is 19.2 Å². The number of aromatic hydroxyl groups is 1. The number of carboxylic acid groups (broad SMARTS) is 1. The van der Waals surface area contributed by atoms with Gasteiger partial charge in [0.05, 0.1) is 13.1 Å². The second-order valence-electron chi connectivity index (χ2n) is 7.15. The monoisotopic (exact) mass is 466 g/mol. The summed E-state index contributed by atoms with van der Waals surface area (Å²) in [5, 5.41) is 26.7. The van der Waals surface area contributed by atoms with Gasteiger partial charge < -0.3 is 30.9 Å². The lowest BCUT2D eigenvalue weighted by Gasteiger charge is -2.12. The van der Waals surface area contributed by atoms with E-state index in [0.717, 1.165) is 0 Å². The second kappa shape index (κ2) is 10.8. The average molecular weight is 466 g/mol. The Bertz CT molecular complexity index is 1250. The zero-order valence-corrected chi connectivity index (χ0v) is 18.1. The summed E-state index contributed by atoms with van der Waals surface area (Å²) in [5.41, 5.74) is 0.213. The summed E-state index contributed by atoms with van der Waals surface area (Å²) >= 11 is 0. The lowest BCUT2D eigenvalue weighted by molar-refractivity contribution is -0.137. The Balaban J connectivity index is 1.64. The molecule has 3 aromatic rings. The Hall–Kier alpha value is -4.67. The first-order chi connectivity index (χ1) is 16.2. The molecule has 1 heterocycles. The van der Waals surface area contributed by atoms with E-state index in [4.69, 9.17) is 9.84 Å². The highest BCUT2D eigenvalue weighted by Gasteiger charge is 2.19. The second-order valence-corrected chi connectivity index (χ2v) is 7.15. The molecule has 0 fully saturated rings. The number of rotatable bonds is 9. The van der Waals surface area contributed by atoms with E-state index in [9.17, 15) is 24.3 Å². The van der Waals surface area contributed by atoms with Crippen LogP contribution in [-0.4, -0.2) is 58.5 Å². The highest BCUT2D eigenvalue weighted by molar-refractivity contribution is 6.03. The Morgan fingerprint density at radius 1 is 0.853 bits per heavy atom. The van der Waals surface area contributed by atoms with Crippen molar-refractivity contribution in [3.05, 3.63) is 59.9 Å². The number of carbonyl (C=O) groups excluding carboxylic acids is 3. The van der Waals surface area contributed by atoms with Gasteiger partial charge in [-0.15, -0.1) is 0 Å². The number of para-hydroxylation sites is 1. The Kier molecular flexibility index (Phi) is 7.60. The van der Waals surface area contributed by atoms with Gasteiger partial charge in [-0.1, -0.05) is 18.2 Å². The van der Waals surface area contributed by atoms with E-state index in [1.54, 1.807) is 37.3 Å². The van der Waals surface area contributed by atoms with Crippen molar-refractivity contribution in [1.82, 2.24) is 20.9 Å². The minimum absolute atomic E-state index is 0.256. The molecule has 1 aromatic heterocycles. The van der Waals surface area contributed by atoms with Gasteiger partial charge in [0.2, 0.25) is 11.8 Å². The fourth-order valence-corrected chi connectivity index (χ4v) is 3.01. The van der Waals surface area contributed by atoms with Crippen molar-refractivity contribution >= 4 is 34.5 Å². The van der Waals surface area contributed by atoms with Gasteiger partial charge in [-0.05, 0) is 37.3 Å². The predicted octanol–water partition coefficient (Wildman–Crippen LogP) is 1.09. The molecule has 2 aromatic carbocycles. The first-order valence-electron chi connectivity index (χ1n) is 10.1. The number of aryl methyl sites for hydroxylation is 1. The Labute approximate surface area is 193 Å². The van der Waals surface area contributed by atoms with Crippen LogP contribution in [0.4, 0.5) is 0 Å². The maximum atomic E-state index is 12.5. The molecule has 0 spiro atoms. The van der Waals surface area contributed by atoms with Gasteiger partial charge in [-0.2, -0.15) is 0 Å². The number of aliphatic carboxylic acids is 1. The van der Waals surface area contributed by atoms with E-state index in [2.05, 4.69) is 20.9 Å². The summed E-state index contributed by atoms with van der Waals surface area (Å²) in [6.45, 7) is 0.173. The van der Waals surface area contributed by atoms with E-state index in [-0.39, 0.29) is 11.4 Å². The third kappa shape index (κ3) is 6.19. The standard InChI is InChI=1S/C23H22N4O7/c1-13-17-9-15(34-14-5-3-2-4-6-14)7-8-16(17)22(32)21(27-13)23(33)26-11-19(29)24-10-18(28)25-12-20(30)31/h2-9,32H,10-12H2,1H3,(H,24,29)(H,25,28)(H,26,33)(H,30,31). The number of carbonyl (C=O) groups is 4. The van der Waals surface area contributed by atoms with Gasteiger partial charge in [-0.25, -0.2) is 4.98 Å². The normalized spacial score (nSPS) is 10.4. The van der Waals surface area contributed by atoms with Gasteiger partial charge in [0.1, 0.15) is 18.0 Å². The summed E-state index contributed by atoms with van der Waals surface area (Å²) in [6, 6.07) is 14.1. The number of hydrogen-bond donors (Lipinski definition) is 5. The SMILES string of the molecule is Cc1nc(C(=O)NCC(=O)NCC(=O)NCC(=O)O)c(O)c2ccc(Oc3ccccc3)cc12. The molecule has 0 saturated carbocycles. The molecule has 0 aliphatic rings. The number of amides is 3. The van der Waals surface area contributed by atoms with E-state index >= 15 is 0 Å². The van der Waals surface area contributed by atoms with Crippen LogP contribution in [0.5, 0.6) is 17.2 Å². The van der Waals surface area contributed by atoms with Crippen molar-refractivity contribution in [1.29, 1.82) is 0 Å². The summed E-state index contributed by atoms with van der Waals surface area (Å²) in [6.07, 6.45) is 0. The van der Waals surface area contributed by atoms with Crippen molar-refractivity contribution in [2.75, 3.05) is 19.6 Å². The number of nitrogens with zero attached hydrogens (tertiary/aromatic N) is 1. The minimum atomic E-state index is -1.22. The molecular weight excluding hydrogens is 444 g/mol. The number of ether oxygens (including phenoxy) is 1. The molecule has 3 amide bonds. The predicted molar refractivity (Wildman–Crippen MR) is 121 cm³/mol. The van der Waals surface area contributed by atoms with Crippen LogP contribution < -0.4 is 20.7 Å². The first kappa shape index (κ1) is 24.0. The first-order valence-corrected chi connectivity index (χ1v) is 10.1. The summed E-state index contributed by atoms with van der Waals surface area (Å²) < 4.78 is 5.80. The van der Waals surface area contributed by atoms with Gasteiger partial charge >= 0.3 is 5.97 Å². The van der Waals surface area contributed by atoms with Crippen LogP contribution in [0, 0.1) is 6.92 Å². The third-order valence-corrected chi connectivity index (χ3v) is 4.63. The minimum Gasteiger partial charge on any atom is -0.505 e. The molecule has 176 valence electrons. The van der Waals surface area contributed by atoms with Gasteiger partial charge in [0, 0.05) is 16.5 Å². The lowest BCUT2D eigenvalue weighted by atomic mass is 10.1. The summed E-state index contributed by atoms with van der Waals surface area (Å²) in [4.78, 5) is 50.3. The number of pyridine rings is 1. The molecule has 11 heteroatoms. The molecule has 0 unspecified atom stereocenters. The zero-order chi connectivity index (χ0) is 24.7. The third-order valence-electron chi connectivity index (χ3n) is 4.63. The quantitative estimate of drug-likeness (QED) is 0.312. The smallest absolute Gasteiger partial charge is 0.322 e. The molecule has 0 radical (unpaired) electrons. The number of fused-ring (bicyclic) bond motifs is 1. The van der Waals surface area contributed by atoms with Crippen molar-refractivity contribution < 1.29 is 34.1 Å². The Morgan fingerprint density at radius 3 is 2.18 bits per heavy atom. The maximum Gasteiger partial charge on any atom is 0.322 e. The van der Waals surface area contributed by atoms with Crippen LogP contribution in [0.3, 0.4) is 0 Å². The molecule has 3 rings (SSSR count). The number of nitrogens with one attached hydrogen (secondary N) is 3. The Morgan fingerprint density at radius 2 is 1.50 bits per heavy atom. The maximum absolute atomic E-state index is 12.5. The summed E-state index contributed by atoms with van der Waals surface area (Å²) in [7, 11) is 0. The topological polar surface area (TPSA) is 167 Å². The molecule has 0 atom stereocenters. The van der Waals surface area contributed by atoms with E-state index in [1.165, 1.54) is 0 Å². The van der Waals surface area contributed by atoms with E-state index in [0.29, 0.717) is 28.0 Å². The molecule has 0 aliphatic heterocycles. The fourth-order valence-electron chi connectivity index (χ4n) is 3.01. The fraction of sp³-hybridized carbons (Fsp3) is 0.174. The molecule has 11 nitrogen and oxygen atoms in total. The van der Waals surface area contributed by atoms with Crippen LogP contribution >= 0.6 is 0 Å². The van der Waals surface area contributed by atoms with Crippen molar-refractivity contribution in [3.8, 4) is 17.2 Å². The van der Waals surface area contributed by atoms with Crippen molar-refractivity contribution in [3.63, 3.8) is 0 Å². The van der Waals surface area contributed by atoms with Crippen molar-refractivity contribution in [2.45, 2.75) is 6.92 Å². The number of aromatic nitrogens is 1. The van der Waals surface area contributed by atoms with Crippen molar-refractivity contribution in [2.24, 2.45) is 0 Å². The van der Waals surface area contributed by atoms with Crippen LogP contribution in [0.15, 0.2) is 48.5 Å². The van der Waals surface area contributed by atoms with Crippen LogP contribution in [0.2, 0.25) is 0 Å². The molecule has 0 saturated heterocycles. The number of carboxylic acids is 1. The highest BCUT2D eigenvalue weighted by atomic mass is 16.5. The molecule has 0 aliphatic carbocycles. The van der Waals surface area contributed by atoms with Gasteiger partial charge in [0.15, 0.2) is 11.4 Å². The molecule has 0 bridgehead atoms. The largest absolute Gasteiger partial charge is 0.505 e. The highest BCUT2D eigenvalue weighted by Crippen LogP contribution is 2.33. The van der Waals surface area contributed by atoms with Crippen LogP contribution in [-0.2, 0) is 14.4 Å². The summed E-state index contributed by atoms with van der Waals surface area (Å²) in [5.74, 6) is -2.55. The number of hydrogen-bond acceptors (Lipinski definition) is 7. The molecule has 5 N–H and O–H groups in total. The average Bonchev–Trinajstić information content (AvgIpc) is 2.82. The molecular formula is C23H22N4O7. The van der Waals surface area contributed by atoms with E-state index < -0.39 is 43.3 Å². The van der Waals surface area contributed by atoms with Gasteiger partial charge in [0.25, 0.3) is 5.91 Å². The van der Waals surface area contributed by atoms with Crippen LogP contribution in [0.25, 0.3) is 10.8 Å². The number of benzene rings is 2. The molecule has 34 heavy (non-hydrogen) atoms. The van der Waals surface area contributed by atoms with E-state index in [1.807, 2.05) is 18.2 Å². The van der Waals surface area contributed by atoms with Crippen LogP contribution in [0.1, 0.15) is 16.2 Å². The lowest BCUT2D eigenvalue weighted by Crippen LogP contribution is -2.43. The zero-order valence-electron chi connectivity index (χ0n) is 18.1.